The third kappa shape index (κ3) is 7.07. The van der Waals surface area contributed by atoms with Gasteiger partial charge in [-0.3, -0.25) is 4.79 Å². The molecule has 3 rings (SSSR count). The van der Waals surface area contributed by atoms with E-state index in [1.807, 2.05) is 6.92 Å². The molecule has 0 bridgehead atoms. The standard InChI is InChI=1S/C25H30N6O4/c1-16-8-9-19(32)15-20(16)29-21-10-11-27-23(30-21)28-18-7-5-6-17(14-18)22(33)26-12-13-31(24(34)35)25(2,3)4/h5-11,14-15,32H,12-13H2,1-4H3,(H,26,33)(H,34,35)(H2,27,28,29,30)/p-1. The lowest BCUT2D eigenvalue weighted by Crippen LogP contribution is -2.53. The van der Waals surface area contributed by atoms with Crippen molar-refractivity contribution in [3.05, 3.63) is 65.9 Å². The van der Waals surface area contributed by atoms with Crippen molar-refractivity contribution in [1.29, 1.82) is 0 Å². The number of rotatable bonds is 8. The fourth-order valence-corrected chi connectivity index (χ4v) is 3.32. The van der Waals surface area contributed by atoms with Gasteiger partial charge in [-0.15, -0.1) is 0 Å². The van der Waals surface area contributed by atoms with E-state index in [1.165, 1.54) is 4.90 Å². The van der Waals surface area contributed by atoms with E-state index >= 15 is 0 Å². The number of anilines is 4. The third-order valence-electron chi connectivity index (χ3n) is 5.17. The van der Waals surface area contributed by atoms with Crippen LogP contribution in [0.15, 0.2) is 54.7 Å². The second-order valence-electron chi connectivity index (χ2n) is 8.94. The number of phenolic OH excluding ortho intramolecular Hbond substituents is 1. The number of benzene rings is 2. The van der Waals surface area contributed by atoms with Crippen LogP contribution in [0.5, 0.6) is 5.75 Å². The van der Waals surface area contributed by atoms with E-state index in [0.29, 0.717) is 23.0 Å². The number of aromatic hydroxyl groups is 1. The van der Waals surface area contributed by atoms with Crippen LogP contribution in [-0.2, 0) is 0 Å². The van der Waals surface area contributed by atoms with E-state index in [1.54, 1.807) is 75.5 Å². The monoisotopic (exact) mass is 477 g/mol. The molecule has 0 fully saturated rings. The molecule has 1 heterocycles. The summed E-state index contributed by atoms with van der Waals surface area (Å²) in [5.74, 6) is 0.657. The summed E-state index contributed by atoms with van der Waals surface area (Å²) in [7, 11) is 0. The van der Waals surface area contributed by atoms with Gasteiger partial charge in [0.2, 0.25) is 5.95 Å². The lowest BCUT2D eigenvalue weighted by molar-refractivity contribution is -0.270. The summed E-state index contributed by atoms with van der Waals surface area (Å²) in [4.78, 5) is 33.7. The highest BCUT2D eigenvalue weighted by Crippen LogP contribution is 2.24. The van der Waals surface area contributed by atoms with Crippen LogP contribution in [0.25, 0.3) is 0 Å². The zero-order valence-corrected chi connectivity index (χ0v) is 20.1. The lowest BCUT2D eigenvalue weighted by atomic mass is 10.1. The molecule has 0 atom stereocenters. The average Bonchev–Trinajstić information content (AvgIpc) is 2.78. The predicted octanol–water partition coefficient (Wildman–Crippen LogP) is 3.15. The number of amides is 2. The van der Waals surface area contributed by atoms with Gasteiger partial charge in [0.25, 0.3) is 5.91 Å². The van der Waals surface area contributed by atoms with Gasteiger partial charge in [-0.05, 0) is 63.6 Å². The van der Waals surface area contributed by atoms with Crippen LogP contribution in [0.4, 0.5) is 27.9 Å². The van der Waals surface area contributed by atoms with Crippen LogP contribution in [-0.4, -0.2) is 50.6 Å². The fraction of sp³-hybridized carbons (Fsp3) is 0.280. The molecule has 0 unspecified atom stereocenters. The first kappa shape index (κ1) is 25.3. The minimum Gasteiger partial charge on any atom is -0.530 e. The number of carboxylic acid groups (broad SMARTS) is 1. The molecule has 4 N–H and O–H groups in total. The maximum Gasteiger partial charge on any atom is 0.251 e. The highest BCUT2D eigenvalue weighted by Gasteiger charge is 2.21. The van der Waals surface area contributed by atoms with Crippen molar-refractivity contribution in [3.63, 3.8) is 0 Å². The molecule has 0 saturated heterocycles. The van der Waals surface area contributed by atoms with Crippen LogP contribution < -0.4 is 21.1 Å². The van der Waals surface area contributed by atoms with Gasteiger partial charge in [-0.2, -0.15) is 4.98 Å². The Morgan fingerprint density at radius 1 is 1.09 bits per heavy atom. The number of aryl methyl sites for hydroxylation is 1. The summed E-state index contributed by atoms with van der Waals surface area (Å²) >= 11 is 0. The number of carbonyl (C=O) groups is 2. The highest BCUT2D eigenvalue weighted by atomic mass is 16.4. The van der Waals surface area contributed by atoms with Crippen molar-refractivity contribution in [2.45, 2.75) is 33.2 Å². The summed E-state index contributed by atoms with van der Waals surface area (Å²) in [6, 6.07) is 13.5. The Bertz CT molecular complexity index is 1210. The molecule has 2 aromatic carbocycles. The smallest absolute Gasteiger partial charge is 0.251 e. The molecule has 3 aromatic rings. The molecule has 0 spiro atoms. The third-order valence-corrected chi connectivity index (χ3v) is 5.17. The largest absolute Gasteiger partial charge is 0.530 e. The molecule has 35 heavy (non-hydrogen) atoms. The van der Waals surface area contributed by atoms with E-state index < -0.39 is 11.6 Å². The summed E-state index contributed by atoms with van der Waals surface area (Å²) < 4.78 is 0. The molecular weight excluding hydrogens is 448 g/mol. The predicted molar refractivity (Wildman–Crippen MR) is 132 cm³/mol. The number of aromatic nitrogens is 2. The number of hydrogen-bond acceptors (Lipinski definition) is 8. The molecule has 0 aliphatic heterocycles. The Labute approximate surface area is 204 Å². The van der Waals surface area contributed by atoms with E-state index in [0.717, 1.165) is 11.3 Å². The minimum absolute atomic E-state index is 0.113. The highest BCUT2D eigenvalue weighted by molar-refractivity contribution is 5.95. The molecular formula is C25H29N6O4-. The summed E-state index contributed by atoms with van der Waals surface area (Å²) in [6.07, 6.45) is 0.305. The van der Waals surface area contributed by atoms with E-state index in [4.69, 9.17) is 0 Å². The first-order chi connectivity index (χ1) is 16.5. The Morgan fingerprint density at radius 2 is 1.86 bits per heavy atom. The number of carbonyl (C=O) groups excluding carboxylic acids is 2. The van der Waals surface area contributed by atoms with Crippen molar-refractivity contribution >= 4 is 35.1 Å². The van der Waals surface area contributed by atoms with Crippen LogP contribution in [0.3, 0.4) is 0 Å². The van der Waals surface area contributed by atoms with Crippen LogP contribution in [0.1, 0.15) is 36.7 Å². The van der Waals surface area contributed by atoms with Crippen LogP contribution >= 0.6 is 0 Å². The van der Waals surface area contributed by atoms with Crippen molar-refractivity contribution in [1.82, 2.24) is 20.2 Å². The number of hydrogen-bond donors (Lipinski definition) is 4. The second-order valence-corrected chi connectivity index (χ2v) is 8.94. The van der Waals surface area contributed by atoms with Gasteiger partial charge in [0.1, 0.15) is 17.7 Å². The van der Waals surface area contributed by atoms with Crippen molar-refractivity contribution in [2.75, 3.05) is 23.7 Å². The van der Waals surface area contributed by atoms with Gasteiger partial charge < -0.3 is 35.9 Å². The van der Waals surface area contributed by atoms with E-state index in [-0.39, 0.29) is 24.7 Å². The van der Waals surface area contributed by atoms with Crippen LogP contribution in [0, 0.1) is 6.92 Å². The Hall–Kier alpha value is -4.34. The van der Waals surface area contributed by atoms with Gasteiger partial charge in [-0.1, -0.05) is 12.1 Å². The zero-order chi connectivity index (χ0) is 25.6. The molecule has 10 heteroatoms. The molecule has 0 saturated carbocycles. The van der Waals surface area contributed by atoms with E-state index in [9.17, 15) is 19.8 Å². The molecule has 10 nitrogen and oxygen atoms in total. The van der Waals surface area contributed by atoms with Crippen LogP contribution in [0.2, 0.25) is 0 Å². The number of nitrogens with one attached hydrogen (secondary N) is 3. The molecule has 0 aliphatic carbocycles. The van der Waals surface area contributed by atoms with Crippen molar-refractivity contribution < 1.29 is 19.8 Å². The molecule has 0 aliphatic rings. The van der Waals surface area contributed by atoms with Crippen molar-refractivity contribution in [3.8, 4) is 5.75 Å². The second kappa shape index (κ2) is 10.7. The average molecular weight is 478 g/mol. The Morgan fingerprint density at radius 3 is 2.57 bits per heavy atom. The number of nitrogens with zero attached hydrogens (tertiary/aromatic N) is 3. The maximum atomic E-state index is 12.6. The van der Waals surface area contributed by atoms with Gasteiger partial charge in [-0.25, -0.2) is 4.98 Å². The minimum atomic E-state index is -1.28. The molecule has 184 valence electrons. The summed E-state index contributed by atoms with van der Waals surface area (Å²) in [6.45, 7) is 7.46. The van der Waals surface area contributed by atoms with Crippen molar-refractivity contribution in [2.24, 2.45) is 0 Å². The van der Waals surface area contributed by atoms with Gasteiger partial charge in [0.05, 0.1) is 0 Å². The fourth-order valence-electron chi connectivity index (χ4n) is 3.32. The first-order valence-corrected chi connectivity index (χ1v) is 11.1. The summed E-state index contributed by atoms with van der Waals surface area (Å²) in [5, 5.41) is 30.0. The first-order valence-electron chi connectivity index (χ1n) is 11.1. The molecule has 0 radical (unpaired) electrons. The van der Waals surface area contributed by atoms with Gasteiger partial charge in [0, 0.05) is 47.8 Å². The lowest BCUT2D eigenvalue weighted by Gasteiger charge is -2.37. The Balaban J connectivity index is 1.64. The normalized spacial score (nSPS) is 11.0. The molecule has 1 aromatic heterocycles. The Kier molecular flexibility index (Phi) is 7.75. The quantitative estimate of drug-likeness (QED) is 0.388. The van der Waals surface area contributed by atoms with Gasteiger partial charge >= 0.3 is 0 Å². The SMILES string of the molecule is Cc1ccc(O)cc1Nc1ccnc(Nc2cccc(C(=O)NCCN(C(=O)[O-])C(C)(C)C)c2)n1. The molecule has 2 amide bonds. The number of phenols is 1. The van der Waals surface area contributed by atoms with Gasteiger partial charge in [0.15, 0.2) is 0 Å². The topological polar surface area (TPSA) is 143 Å². The summed E-state index contributed by atoms with van der Waals surface area (Å²) in [5.41, 5.74) is 2.04. The maximum absolute atomic E-state index is 12.6. The van der Waals surface area contributed by atoms with E-state index in [2.05, 4.69) is 25.9 Å². The zero-order valence-electron chi connectivity index (χ0n) is 20.1.